The molecule has 1 saturated heterocycles. The first-order valence-corrected chi connectivity index (χ1v) is 8.79. The fourth-order valence-corrected chi connectivity index (χ4v) is 4.05. The van der Waals surface area contributed by atoms with Crippen molar-refractivity contribution in [3.63, 3.8) is 0 Å². The van der Waals surface area contributed by atoms with Crippen LogP contribution in [0.2, 0.25) is 0 Å². The van der Waals surface area contributed by atoms with Crippen molar-refractivity contribution in [2.75, 3.05) is 20.1 Å². The van der Waals surface area contributed by atoms with Gasteiger partial charge < -0.3 is 10.2 Å². The monoisotopic (exact) mass is 336 g/mol. The van der Waals surface area contributed by atoms with Crippen LogP contribution >= 0.6 is 12.4 Å². The van der Waals surface area contributed by atoms with Gasteiger partial charge in [0, 0.05) is 25.0 Å². The number of carbonyl (C=O) groups is 1. The van der Waals surface area contributed by atoms with Crippen LogP contribution in [0.1, 0.15) is 50.0 Å². The van der Waals surface area contributed by atoms with E-state index in [4.69, 9.17) is 0 Å². The molecule has 1 saturated carbocycles. The summed E-state index contributed by atoms with van der Waals surface area (Å²) in [5.74, 6) is 1.34. The number of nitrogens with one attached hydrogen (secondary N) is 1. The van der Waals surface area contributed by atoms with E-state index in [1.807, 2.05) is 7.05 Å². The number of rotatable bonds is 3. The third kappa shape index (κ3) is 4.48. The highest BCUT2D eigenvalue weighted by Gasteiger charge is 2.31. The summed E-state index contributed by atoms with van der Waals surface area (Å²) in [4.78, 5) is 14.8. The number of amides is 1. The molecule has 1 aromatic carbocycles. The van der Waals surface area contributed by atoms with E-state index in [9.17, 15) is 4.79 Å². The maximum absolute atomic E-state index is 12.7. The molecule has 1 N–H and O–H groups in total. The molecule has 1 amide bonds. The lowest BCUT2D eigenvalue weighted by Crippen LogP contribution is -2.46. The van der Waals surface area contributed by atoms with E-state index in [-0.39, 0.29) is 18.3 Å². The van der Waals surface area contributed by atoms with E-state index in [0.29, 0.717) is 17.9 Å². The lowest BCUT2D eigenvalue weighted by Gasteiger charge is -2.36. The van der Waals surface area contributed by atoms with Crippen molar-refractivity contribution in [3.8, 4) is 0 Å². The fourth-order valence-electron chi connectivity index (χ4n) is 4.05. The van der Waals surface area contributed by atoms with E-state index in [2.05, 4.69) is 40.5 Å². The van der Waals surface area contributed by atoms with Gasteiger partial charge >= 0.3 is 0 Å². The predicted molar refractivity (Wildman–Crippen MR) is 97.1 cm³/mol. The normalized spacial score (nSPS) is 25.7. The Hall–Kier alpha value is -1.06. The van der Waals surface area contributed by atoms with Gasteiger partial charge in [0.25, 0.3) is 0 Å². The van der Waals surface area contributed by atoms with Crippen LogP contribution in [0.3, 0.4) is 0 Å². The van der Waals surface area contributed by atoms with Crippen LogP contribution in [-0.4, -0.2) is 37.0 Å². The second-order valence-corrected chi connectivity index (χ2v) is 6.85. The second kappa shape index (κ2) is 8.70. The molecule has 0 atom stereocenters. The molecule has 0 bridgehead atoms. The Morgan fingerprint density at radius 2 is 1.61 bits per heavy atom. The van der Waals surface area contributed by atoms with Crippen LogP contribution in [0.15, 0.2) is 30.3 Å². The Balaban J connectivity index is 0.00000192. The van der Waals surface area contributed by atoms with Crippen molar-refractivity contribution < 1.29 is 4.79 Å². The molecule has 4 heteroatoms. The highest BCUT2D eigenvalue weighted by atomic mass is 35.5. The van der Waals surface area contributed by atoms with Gasteiger partial charge in [0.1, 0.15) is 0 Å². The first kappa shape index (κ1) is 18.3. The van der Waals surface area contributed by atoms with Crippen LogP contribution < -0.4 is 5.32 Å². The molecule has 1 aliphatic carbocycles. The molecular weight excluding hydrogens is 308 g/mol. The van der Waals surface area contributed by atoms with Gasteiger partial charge in [-0.3, -0.25) is 4.79 Å². The molecule has 23 heavy (non-hydrogen) atoms. The Kier molecular flexibility index (Phi) is 6.91. The molecular formula is C19H29ClN2O. The van der Waals surface area contributed by atoms with Gasteiger partial charge in [-0.05, 0) is 57.1 Å². The van der Waals surface area contributed by atoms with Crippen LogP contribution in [-0.2, 0) is 4.79 Å². The third-order valence-corrected chi connectivity index (χ3v) is 5.56. The summed E-state index contributed by atoms with van der Waals surface area (Å²) in [6.45, 7) is 1.87. The first-order chi connectivity index (χ1) is 10.8. The van der Waals surface area contributed by atoms with Crippen molar-refractivity contribution >= 4 is 18.3 Å². The molecule has 2 fully saturated rings. The summed E-state index contributed by atoms with van der Waals surface area (Å²) >= 11 is 0. The SMILES string of the molecule is CNC1CCN(C(=O)C2CCC(c3ccccc3)CC2)CC1.Cl. The number of piperidine rings is 1. The zero-order chi connectivity index (χ0) is 15.4. The lowest BCUT2D eigenvalue weighted by atomic mass is 9.78. The molecule has 1 heterocycles. The highest BCUT2D eigenvalue weighted by molar-refractivity contribution is 5.85. The molecule has 0 unspecified atom stereocenters. The molecule has 3 nitrogen and oxygen atoms in total. The summed E-state index contributed by atoms with van der Waals surface area (Å²) in [7, 11) is 2.02. The molecule has 1 aromatic rings. The number of carbonyl (C=O) groups excluding carboxylic acids is 1. The minimum atomic E-state index is 0. The van der Waals surface area contributed by atoms with Crippen molar-refractivity contribution in [3.05, 3.63) is 35.9 Å². The fraction of sp³-hybridized carbons (Fsp3) is 0.632. The number of nitrogens with zero attached hydrogens (tertiary/aromatic N) is 1. The Morgan fingerprint density at radius 3 is 2.17 bits per heavy atom. The van der Waals surface area contributed by atoms with Gasteiger partial charge in [-0.2, -0.15) is 0 Å². The van der Waals surface area contributed by atoms with Gasteiger partial charge in [-0.1, -0.05) is 30.3 Å². The van der Waals surface area contributed by atoms with Crippen molar-refractivity contribution in [1.82, 2.24) is 10.2 Å². The number of benzene rings is 1. The van der Waals surface area contributed by atoms with E-state index in [0.717, 1.165) is 51.6 Å². The number of hydrogen-bond acceptors (Lipinski definition) is 2. The van der Waals surface area contributed by atoms with Crippen LogP contribution in [0, 0.1) is 5.92 Å². The molecule has 128 valence electrons. The Labute approximate surface area is 146 Å². The second-order valence-electron chi connectivity index (χ2n) is 6.85. The van der Waals surface area contributed by atoms with Crippen molar-refractivity contribution in [1.29, 1.82) is 0 Å². The quantitative estimate of drug-likeness (QED) is 0.914. The van der Waals surface area contributed by atoms with E-state index in [1.54, 1.807) is 0 Å². The largest absolute Gasteiger partial charge is 0.342 e. The first-order valence-electron chi connectivity index (χ1n) is 8.79. The Bertz CT molecular complexity index is 477. The minimum Gasteiger partial charge on any atom is -0.342 e. The number of hydrogen-bond donors (Lipinski definition) is 1. The van der Waals surface area contributed by atoms with E-state index in [1.165, 1.54) is 5.56 Å². The smallest absolute Gasteiger partial charge is 0.225 e. The minimum absolute atomic E-state index is 0. The van der Waals surface area contributed by atoms with Crippen LogP contribution in [0.25, 0.3) is 0 Å². The highest BCUT2D eigenvalue weighted by Crippen LogP contribution is 2.36. The van der Waals surface area contributed by atoms with E-state index < -0.39 is 0 Å². The van der Waals surface area contributed by atoms with Gasteiger partial charge in [-0.25, -0.2) is 0 Å². The van der Waals surface area contributed by atoms with E-state index >= 15 is 0 Å². The van der Waals surface area contributed by atoms with Crippen LogP contribution in [0.5, 0.6) is 0 Å². The summed E-state index contributed by atoms with van der Waals surface area (Å²) in [5, 5.41) is 3.33. The maximum atomic E-state index is 12.7. The van der Waals surface area contributed by atoms with Crippen molar-refractivity contribution in [2.24, 2.45) is 5.92 Å². The maximum Gasteiger partial charge on any atom is 0.225 e. The number of halogens is 1. The van der Waals surface area contributed by atoms with Crippen LogP contribution in [0.4, 0.5) is 0 Å². The average molecular weight is 337 g/mol. The number of likely N-dealkylation sites (tertiary alicyclic amines) is 1. The molecule has 0 radical (unpaired) electrons. The molecule has 0 aromatic heterocycles. The lowest BCUT2D eigenvalue weighted by molar-refractivity contribution is -0.137. The molecule has 0 spiro atoms. The van der Waals surface area contributed by atoms with Gasteiger partial charge in [0.2, 0.25) is 5.91 Å². The zero-order valence-corrected chi connectivity index (χ0v) is 14.9. The predicted octanol–water partition coefficient (Wildman–Crippen LogP) is 3.59. The Morgan fingerprint density at radius 1 is 1.00 bits per heavy atom. The zero-order valence-electron chi connectivity index (χ0n) is 14.0. The van der Waals surface area contributed by atoms with Gasteiger partial charge in [0.05, 0.1) is 0 Å². The average Bonchev–Trinajstić information content (AvgIpc) is 2.62. The standard InChI is InChI=1S/C19H28N2O.ClH/c1-20-18-11-13-21(14-12-18)19(22)17-9-7-16(8-10-17)15-5-3-2-4-6-15;/h2-6,16-18,20H,7-14H2,1H3;1H. The summed E-state index contributed by atoms with van der Waals surface area (Å²) in [6.07, 6.45) is 6.64. The molecule has 1 aliphatic heterocycles. The summed E-state index contributed by atoms with van der Waals surface area (Å²) < 4.78 is 0. The molecule has 2 aliphatic rings. The third-order valence-electron chi connectivity index (χ3n) is 5.56. The summed E-state index contributed by atoms with van der Waals surface area (Å²) in [6, 6.07) is 11.4. The topological polar surface area (TPSA) is 32.3 Å². The van der Waals surface area contributed by atoms with Gasteiger partial charge in [0.15, 0.2) is 0 Å². The molecule has 3 rings (SSSR count). The van der Waals surface area contributed by atoms with Gasteiger partial charge in [-0.15, -0.1) is 12.4 Å². The van der Waals surface area contributed by atoms with Crippen molar-refractivity contribution in [2.45, 2.75) is 50.5 Å². The summed E-state index contributed by atoms with van der Waals surface area (Å²) in [5.41, 5.74) is 1.45.